The van der Waals surface area contributed by atoms with Crippen molar-refractivity contribution in [2.24, 2.45) is 7.05 Å². The summed E-state index contributed by atoms with van der Waals surface area (Å²) < 4.78 is 12.3. The average molecular weight is 451 g/mol. The summed E-state index contributed by atoms with van der Waals surface area (Å²) in [4.78, 5) is 30.7. The maximum absolute atomic E-state index is 13.3. The largest absolute Gasteiger partial charge is 0.497 e. The molecule has 9 nitrogen and oxygen atoms in total. The highest BCUT2D eigenvalue weighted by Crippen LogP contribution is 2.30. The van der Waals surface area contributed by atoms with Crippen molar-refractivity contribution in [1.82, 2.24) is 14.5 Å². The smallest absolute Gasteiger partial charge is 0.407 e. The quantitative estimate of drug-likeness (QED) is 0.668. The summed E-state index contributed by atoms with van der Waals surface area (Å²) in [5, 5.41) is 13.0. The molecule has 31 heavy (non-hydrogen) atoms. The number of aromatic nitrogens is 2. The second kappa shape index (κ2) is 9.57. The molecule has 1 aromatic heterocycles. The summed E-state index contributed by atoms with van der Waals surface area (Å²) >= 11 is 6.41. The normalized spacial score (nSPS) is 18.3. The molecule has 1 fully saturated rings. The number of likely N-dealkylation sites (tertiary alicyclic amines) is 1. The summed E-state index contributed by atoms with van der Waals surface area (Å²) in [5.41, 5.74) is 1.28. The van der Waals surface area contributed by atoms with Gasteiger partial charge in [0.1, 0.15) is 17.3 Å². The number of hydrogen-bond donors (Lipinski definition) is 2. The monoisotopic (exact) mass is 450 g/mol. The number of rotatable bonds is 7. The molecule has 1 aliphatic heterocycles. The first-order valence-corrected chi connectivity index (χ1v) is 10.5. The van der Waals surface area contributed by atoms with Crippen LogP contribution < -0.4 is 15.6 Å². The number of anilines is 1. The Hall–Kier alpha value is -2.78. The summed E-state index contributed by atoms with van der Waals surface area (Å²) in [6.45, 7) is 4.67. The number of nitrogens with one attached hydrogen (secondary N) is 1. The Morgan fingerprint density at radius 1 is 1.35 bits per heavy atom. The first kappa shape index (κ1) is 22.9. The first-order valence-electron chi connectivity index (χ1n) is 10.1. The number of carboxylic acid groups (broad SMARTS) is 1. The molecule has 1 saturated heterocycles. The van der Waals surface area contributed by atoms with Crippen molar-refractivity contribution in [3.05, 3.63) is 39.3 Å². The van der Waals surface area contributed by atoms with Gasteiger partial charge >= 0.3 is 6.09 Å². The molecular weight excluding hydrogens is 424 g/mol. The average Bonchev–Trinajstić information content (AvgIpc) is 3.15. The minimum atomic E-state index is -1.01. The van der Waals surface area contributed by atoms with Crippen LogP contribution in [-0.4, -0.2) is 64.6 Å². The van der Waals surface area contributed by atoms with Gasteiger partial charge in [0.2, 0.25) is 0 Å². The predicted octanol–water partition coefficient (Wildman–Crippen LogP) is 2.85. The second-order valence-corrected chi connectivity index (χ2v) is 7.66. The lowest BCUT2D eigenvalue weighted by molar-refractivity contribution is 0.0629. The van der Waals surface area contributed by atoms with E-state index in [1.165, 1.54) is 9.47 Å². The molecule has 1 aromatic carbocycles. The molecule has 2 aromatic rings. The van der Waals surface area contributed by atoms with Crippen LogP contribution in [0.15, 0.2) is 23.0 Å². The van der Waals surface area contributed by atoms with Crippen LogP contribution in [0.25, 0.3) is 11.4 Å². The number of methoxy groups -OCH3 is 1. The topological polar surface area (TPSA) is 106 Å². The molecule has 2 heterocycles. The van der Waals surface area contributed by atoms with Crippen molar-refractivity contribution >= 4 is 23.4 Å². The van der Waals surface area contributed by atoms with Crippen LogP contribution in [0.1, 0.15) is 19.5 Å². The number of aryl methyl sites for hydroxylation is 1. The second-order valence-electron chi connectivity index (χ2n) is 7.25. The Morgan fingerprint density at radius 3 is 2.68 bits per heavy atom. The Kier molecular flexibility index (Phi) is 7.07. The van der Waals surface area contributed by atoms with Crippen LogP contribution in [0.5, 0.6) is 5.75 Å². The molecule has 168 valence electrons. The third kappa shape index (κ3) is 4.62. The Morgan fingerprint density at radius 2 is 2.10 bits per heavy atom. The van der Waals surface area contributed by atoms with Crippen molar-refractivity contribution < 1.29 is 19.4 Å². The molecule has 0 spiro atoms. The fourth-order valence-electron chi connectivity index (χ4n) is 3.73. The third-order valence-corrected chi connectivity index (χ3v) is 5.68. The maximum atomic E-state index is 13.3. The fraction of sp³-hybridized carbons (Fsp3) is 0.476. The molecule has 1 aliphatic rings. The summed E-state index contributed by atoms with van der Waals surface area (Å²) in [6, 6.07) is 4.84. The van der Waals surface area contributed by atoms with E-state index in [2.05, 4.69) is 5.32 Å². The van der Waals surface area contributed by atoms with Gasteiger partial charge in [-0.2, -0.15) is 0 Å². The number of hydrogen-bond acceptors (Lipinski definition) is 6. The van der Waals surface area contributed by atoms with Crippen molar-refractivity contribution in [2.45, 2.75) is 32.4 Å². The van der Waals surface area contributed by atoms with Gasteiger partial charge in [0.05, 0.1) is 36.5 Å². The zero-order chi connectivity index (χ0) is 22.7. The van der Waals surface area contributed by atoms with E-state index in [1.54, 1.807) is 32.4 Å². The van der Waals surface area contributed by atoms with E-state index >= 15 is 0 Å². The zero-order valence-corrected chi connectivity index (χ0v) is 18.8. The van der Waals surface area contributed by atoms with Crippen LogP contribution in [0.2, 0.25) is 5.02 Å². The van der Waals surface area contributed by atoms with Crippen LogP contribution in [0.4, 0.5) is 10.5 Å². The molecular formula is C21H27ClN4O5. The summed E-state index contributed by atoms with van der Waals surface area (Å²) in [5.74, 6) is 1.05. The van der Waals surface area contributed by atoms with E-state index in [0.717, 1.165) is 0 Å². The molecule has 0 unspecified atom stereocenters. The van der Waals surface area contributed by atoms with Gasteiger partial charge in [-0.05, 0) is 31.5 Å². The number of carbonyl (C=O) groups is 1. The van der Waals surface area contributed by atoms with E-state index in [1.807, 2.05) is 13.8 Å². The zero-order valence-electron chi connectivity index (χ0n) is 18.0. The molecule has 2 N–H and O–H groups in total. The van der Waals surface area contributed by atoms with Crippen LogP contribution >= 0.6 is 11.6 Å². The van der Waals surface area contributed by atoms with Gasteiger partial charge < -0.3 is 24.8 Å². The number of ether oxygens (including phenoxy) is 2. The lowest BCUT2D eigenvalue weighted by atomic mass is 10.1. The summed E-state index contributed by atoms with van der Waals surface area (Å²) in [6.07, 6.45) is -0.861. The van der Waals surface area contributed by atoms with E-state index < -0.39 is 6.09 Å². The Bertz CT molecular complexity index is 1030. The van der Waals surface area contributed by atoms with Crippen LogP contribution in [0, 0.1) is 0 Å². The van der Waals surface area contributed by atoms with Gasteiger partial charge in [0, 0.05) is 25.8 Å². The van der Waals surface area contributed by atoms with Gasteiger partial charge in [-0.3, -0.25) is 9.36 Å². The highest BCUT2D eigenvalue weighted by Gasteiger charge is 2.37. The van der Waals surface area contributed by atoms with Gasteiger partial charge in [0.25, 0.3) is 5.56 Å². The predicted molar refractivity (Wildman–Crippen MR) is 118 cm³/mol. The maximum Gasteiger partial charge on any atom is 0.407 e. The van der Waals surface area contributed by atoms with Gasteiger partial charge in [0.15, 0.2) is 0 Å². The molecule has 2 atom stereocenters. The van der Waals surface area contributed by atoms with Crippen molar-refractivity contribution in [3.63, 3.8) is 0 Å². The first-order chi connectivity index (χ1) is 14.8. The SMILES string of the molecule is CCO[C@H]1CN(C(=O)O)C[C@H]1Nc1c(CC)nc(-c2ccc(OC)cc2Cl)n(C)c1=O. The Balaban J connectivity index is 2.00. The van der Waals surface area contributed by atoms with Crippen molar-refractivity contribution in [2.75, 3.05) is 32.1 Å². The fourth-order valence-corrected chi connectivity index (χ4v) is 3.98. The standard InChI is InChI=1S/C21H27ClN4O5/c1-5-15-18(23-16-10-26(21(28)29)11-17(16)31-6-2)20(27)25(3)19(24-15)13-8-7-12(30-4)9-14(13)22/h7-9,16-17,23H,5-6,10-11H2,1-4H3,(H,28,29)/t16-,17+/m1/s1. The minimum Gasteiger partial charge on any atom is -0.497 e. The highest BCUT2D eigenvalue weighted by molar-refractivity contribution is 6.33. The highest BCUT2D eigenvalue weighted by atomic mass is 35.5. The van der Waals surface area contributed by atoms with Crippen LogP contribution in [-0.2, 0) is 18.2 Å². The molecule has 3 rings (SSSR count). The van der Waals surface area contributed by atoms with Crippen LogP contribution in [0.3, 0.4) is 0 Å². The lowest BCUT2D eigenvalue weighted by Crippen LogP contribution is -2.38. The Labute approximate surface area is 185 Å². The third-order valence-electron chi connectivity index (χ3n) is 5.36. The molecule has 0 saturated carbocycles. The van der Waals surface area contributed by atoms with Crippen molar-refractivity contribution in [3.8, 4) is 17.1 Å². The van der Waals surface area contributed by atoms with E-state index in [0.29, 0.717) is 46.6 Å². The number of amides is 1. The van der Waals surface area contributed by atoms with Gasteiger partial charge in [-0.1, -0.05) is 18.5 Å². The number of nitrogens with zero attached hydrogens (tertiary/aromatic N) is 3. The van der Waals surface area contributed by atoms with Gasteiger partial charge in [-0.15, -0.1) is 0 Å². The van der Waals surface area contributed by atoms with E-state index in [-0.39, 0.29) is 30.8 Å². The van der Waals surface area contributed by atoms with E-state index in [4.69, 9.17) is 26.1 Å². The van der Waals surface area contributed by atoms with Crippen molar-refractivity contribution in [1.29, 1.82) is 0 Å². The van der Waals surface area contributed by atoms with E-state index in [9.17, 15) is 14.7 Å². The molecule has 0 bridgehead atoms. The lowest BCUT2D eigenvalue weighted by Gasteiger charge is -2.22. The van der Waals surface area contributed by atoms with Gasteiger partial charge in [-0.25, -0.2) is 9.78 Å². The molecule has 10 heteroatoms. The number of halogens is 1. The number of benzene rings is 1. The summed E-state index contributed by atoms with van der Waals surface area (Å²) in [7, 11) is 3.19. The minimum absolute atomic E-state index is 0.221. The molecule has 0 radical (unpaired) electrons. The molecule has 0 aliphatic carbocycles. The molecule has 1 amide bonds.